The van der Waals surface area contributed by atoms with Crippen molar-refractivity contribution < 1.29 is 18.0 Å². The zero-order valence-corrected chi connectivity index (χ0v) is 24.0. The summed E-state index contributed by atoms with van der Waals surface area (Å²) < 4.78 is 28.5. The number of carbonyl (C=O) groups excluding carboxylic acids is 2. The molecule has 1 atom stereocenters. The number of sulfonamides is 1. The lowest BCUT2D eigenvalue weighted by atomic mass is 10.1. The molecule has 0 saturated carbocycles. The second-order valence-electron chi connectivity index (χ2n) is 9.26. The van der Waals surface area contributed by atoms with E-state index in [0.717, 1.165) is 9.87 Å². The quantitative estimate of drug-likeness (QED) is 0.348. The summed E-state index contributed by atoms with van der Waals surface area (Å²) in [7, 11) is -4.11. The highest BCUT2D eigenvalue weighted by Gasteiger charge is 2.32. The van der Waals surface area contributed by atoms with Crippen molar-refractivity contribution in [1.29, 1.82) is 0 Å². The molecule has 0 fully saturated rings. The van der Waals surface area contributed by atoms with Gasteiger partial charge in [-0.1, -0.05) is 65.2 Å². The molecule has 0 bridgehead atoms. The Balaban J connectivity index is 2.02. The van der Waals surface area contributed by atoms with Crippen molar-refractivity contribution in [1.82, 2.24) is 10.2 Å². The number of halogens is 2. The molecule has 0 unspecified atom stereocenters. The molecule has 0 saturated heterocycles. The van der Waals surface area contributed by atoms with Crippen LogP contribution in [0.1, 0.15) is 31.9 Å². The fourth-order valence-corrected chi connectivity index (χ4v) is 5.66. The second-order valence-corrected chi connectivity index (χ2v) is 12.0. The van der Waals surface area contributed by atoms with E-state index < -0.39 is 28.5 Å². The van der Waals surface area contributed by atoms with Gasteiger partial charge in [0.2, 0.25) is 11.8 Å². The lowest BCUT2D eigenvalue weighted by Crippen LogP contribution is -2.52. The van der Waals surface area contributed by atoms with E-state index in [1.54, 1.807) is 67.6 Å². The van der Waals surface area contributed by atoms with Crippen molar-refractivity contribution in [2.45, 2.75) is 51.2 Å². The second kappa shape index (κ2) is 12.7. The summed E-state index contributed by atoms with van der Waals surface area (Å²) in [6, 6.07) is 18.6. The summed E-state index contributed by atoms with van der Waals surface area (Å²) in [6.07, 6.45) is 0. The molecule has 2 amide bonds. The van der Waals surface area contributed by atoms with Crippen LogP contribution in [0.3, 0.4) is 0 Å². The largest absolute Gasteiger partial charge is 0.352 e. The monoisotopic (exact) mass is 575 g/mol. The van der Waals surface area contributed by atoms with Gasteiger partial charge in [-0.2, -0.15) is 0 Å². The number of nitrogens with one attached hydrogen (secondary N) is 1. The molecule has 3 aromatic carbocycles. The fourth-order valence-electron chi connectivity index (χ4n) is 3.78. The maximum absolute atomic E-state index is 13.8. The van der Waals surface area contributed by atoms with Gasteiger partial charge in [0, 0.05) is 22.6 Å². The van der Waals surface area contributed by atoms with Crippen molar-refractivity contribution in [3.05, 3.63) is 94.0 Å². The summed E-state index contributed by atoms with van der Waals surface area (Å²) >= 11 is 12.4. The number of benzene rings is 3. The zero-order valence-electron chi connectivity index (χ0n) is 21.7. The predicted molar refractivity (Wildman–Crippen MR) is 152 cm³/mol. The summed E-state index contributed by atoms with van der Waals surface area (Å²) in [6.45, 7) is 6.55. The number of anilines is 1. The third-order valence-corrected chi connectivity index (χ3v) is 8.26. The molecule has 7 nitrogen and oxygen atoms in total. The number of hydrogen-bond donors (Lipinski definition) is 1. The number of carbonyl (C=O) groups is 2. The third kappa shape index (κ3) is 7.28. The summed E-state index contributed by atoms with van der Waals surface area (Å²) in [5, 5.41) is 3.58. The van der Waals surface area contributed by atoms with E-state index >= 15 is 0 Å². The zero-order chi connectivity index (χ0) is 28.0. The fraction of sp³-hybridized carbons (Fsp3) is 0.286. The van der Waals surface area contributed by atoms with E-state index in [2.05, 4.69) is 5.32 Å². The Morgan fingerprint density at radius 3 is 2.13 bits per heavy atom. The van der Waals surface area contributed by atoms with Crippen LogP contribution < -0.4 is 9.62 Å². The van der Waals surface area contributed by atoms with Gasteiger partial charge in [0.25, 0.3) is 10.0 Å². The van der Waals surface area contributed by atoms with Crippen molar-refractivity contribution >= 4 is 50.7 Å². The van der Waals surface area contributed by atoms with Crippen LogP contribution in [0.2, 0.25) is 10.0 Å². The third-order valence-electron chi connectivity index (χ3n) is 5.89. The molecule has 10 heteroatoms. The first-order valence-corrected chi connectivity index (χ1v) is 14.3. The van der Waals surface area contributed by atoms with Crippen LogP contribution in [-0.2, 0) is 26.2 Å². The molecule has 38 heavy (non-hydrogen) atoms. The minimum Gasteiger partial charge on any atom is -0.352 e. The van der Waals surface area contributed by atoms with Crippen LogP contribution in [-0.4, -0.2) is 43.8 Å². The molecule has 1 N–H and O–H groups in total. The topological polar surface area (TPSA) is 86.8 Å². The normalized spacial score (nSPS) is 12.2. The Bertz CT molecular complexity index is 1380. The molecule has 0 radical (unpaired) electrons. The molecule has 202 valence electrons. The molecule has 3 aromatic rings. The maximum atomic E-state index is 13.8. The standard InChI is InChI=1S/C28H31Cl2N3O4S/c1-19(2)31-28(35)21(4)32(17-22-12-13-23(29)16-26(22)30)27(34)18-33(24-8-6-5-7-9-24)38(36,37)25-14-10-20(3)11-15-25/h5-16,19,21H,17-18H2,1-4H3,(H,31,35)/t21-/m0/s1. The molecule has 0 aliphatic rings. The van der Waals surface area contributed by atoms with E-state index in [9.17, 15) is 18.0 Å². The van der Waals surface area contributed by atoms with Crippen LogP contribution in [0.15, 0.2) is 77.7 Å². The molecule has 0 aromatic heterocycles. The van der Waals surface area contributed by atoms with Gasteiger partial charge in [0.1, 0.15) is 12.6 Å². The SMILES string of the molecule is Cc1ccc(S(=O)(=O)N(CC(=O)N(Cc2ccc(Cl)cc2Cl)[C@@H](C)C(=O)NC(C)C)c2ccccc2)cc1. The van der Waals surface area contributed by atoms with Crippen LogP contribution in [0.5, 0.6) is 0 Å². The van der Waals surface area contributed by atoms with Gasteiger partial charge in [-0.15, -0.1) is 0 Å². The number of para-hydroxylation sites is 1. The van der Waals surface area contributed by atoms with Gasteiger partial charge in [-0.05, 0) is 69.7 Å². The number of hydrogen-bond acceptors (Lipinski definition) is 4. The first kappa shape index (κ1) is 29.5. The smallest absolute Gasteiger partial charge is 0.264 e. The van der Waals surface area contributed by atoms with Crippen LogP contribution in [0.4, 0.5) is 5.69 Å². The molecule has 0 heterocycles. The molecule has 0 spiro atoms. The first-order valence-electron chi connectivity index (χ1n) is 12.1. The van der Waals surface area contributed by atoms with E-state index in [4.69, 9.17) is 23.2 Å². The Morgan fingerprint density at radius 2 is 1.55 bits per heavy atom. The predicted octanol–water partition coefficient (Wildman–Crippen LogP) is 5.44. The number of nitrogens with zero attached hydrogens (tertiary/aromatic N) is 2. The Morgan fingerprint density at radius 1 is 0.921 bits per heavy atom. The van der Waals surface area contributed by atoms with E-state index in [1.807, 2.05) is 20.8 Å². The highest BCUT2D eigenvalue weighted by Crippen LogP contribution is 2.26. The number of rotatable bonds is 10. The van der Waals surface area contributed by atoms with Gasteiger partial charge in [-0.25, -0.2) is 8.42 Å². The van der Waals surface area contributed by atoms with E-state index in [1.165, 1.54) is 17.0 Å². The lowest BCUT2D eigenvalue weighted by Gasteiger charge is -2.32. The highest BCUT2D eigenvalue weighted by atomic mass is 35.5. The van der Waals surface area contributed by atoms with Gasteiger partial charge in [0.15, 0.2) is 0 Å². The van der Waals surface area contributed by atoms with Crippen molar-refractivity contribution in [3.63, 3.8) is 0 Å². The number of amides is 2. The van der Waals surface area contributed by atoms with Crippen LogP contribution >= 0.6 is 23.2 Å². The first-order chi connectivity index (χ1) is 17.9. The number of aryl methyl sites for hydroxylation is 1. The van der Waals surface area contributed by atoms with E-state index in [0.29, 0.717) is 21.3 Å². The summed E-state index contributed by atoms with van der Waals surface area (Å²) in [5.41, 5.74) is 1.80. The van der Waals surface area contributed by atoms with Gasteiger partial charge in [0.05, 0.1) is 10.6 Å². The molecular formula is C28H31Cl2N3O4S. The van der Waals surface area contributed by atoms with Gasteiger partial charge >= 0.3 is 0 Å². The van der Waals surface area contributed by atoms with Crippen LogP contribution in [0.25, 0.3) is 0 Å². The summed E-state index contributed by atoms with van der Waals surface area (Å²) in [5.74, 6) is -0.937. The highest BCUT2D eigenvalue weighted by molar-refractivity contribution is 7.92. The minimum atomic E-state index is -4.11. The Hall–Kier alpha value is -3.07. The maximum Gasteiger partial charge on any atom is 0.264 e. The van der Waals surface area contributed by atoms with Crippen molar-refractivity contribution in [2.24, 2.45) is 0 Å². The summed E-state index contributed by atoms with van der Waals surface area (Å²) in [4.78, 5) is 28.2. The van der Waals surface area contributed by atoms with Gasteiger partial charge in [-0.3, -0.25) is 13.9 Å². The Kier molecular flexibility index (Phi) is 9.82. The molecule has 0 aliphatic heterocycles. The minimum absolute atomic E-state index is 0.0191. The Labute approximate surface area is 234 Å². The van der Waals surface area contributed by atoms with Crippen LogP contribution in [0, 0.1) is 6.92 Å². The average molecular weight is 577 g/mol. The average Bonchev–Trinajstić information content (AvgIpc) is 2.86. The van der Waals surface area contributed by atoms with E-state index in [-0.39, 0.29) is 23.4 Å². The molecule has 3 rings (SSSR count). The molecule has 0 aliphatic carbocycles. The van der Waals surface area contributed by atoms with Gasteiger partial charge < -0.3 is 10.2 Å². The van der Waals surface area contributed by atoms with Crippen molar-refractivity contribution in [2.75, 3.05) is 10.8 Å². The van der Waals surface area contributed by atoms with Crippen molar-refractivity contribution in [3.8, 4) is 0 Å². The lowest BCUT2D eigenvalue weighted by molar-refractivity contribution is -0.139. The molecular weight excluding hydrogens is 545 g/mol.